The number of benzene rings is 1. The molecule has 2 heterocycles. The van der Waals surface area contributed by atoms with Gasteiger partial charge in [-0.15, -0.1) is 11.8 Å². The lowest BCUT2D eigenvalue weighted by atomic mass is 10.1. The first kappa shape index (κ1) is 23.5. The lowest BCUT2D eigenvalue weighted by molar-refractivity contribution is -0.186. The van der Waals surface area contributed by atoms with Crippen molar-refractivity contribution < 1.29 is 37.7 Å². The van der Waals surface area contributed by atoms with Gasteiger partial charge >= 0.3 is 17.9 Å². The molecule has 0 N–H and O–H groups in total. The minimum absolute atomic E-state index is 0.0648. The van der Waals surface area contributed by atoms with E-state index < -0.39 is 47.5 Å². The smallest absolute Gasteiger partial charge is 0.303 e. The van der Waals surface area contributed by atoms with Crippen molar-refractivity contribution >= 4 is 29.7 Å². The number of thioether (sulfide) groups is 1. The van der Waals surface area contributed by atoms with E-state index in [2.05, 4.69) is 4.98 Å². The second-order valence-electron chi connectivity index (χ2n) is 7.00. The average Bonchev–Trinajstić information content (AvgIpc) is 2.73. The number of hydrogen-bond donors (Lipinski definition) is 0. The van der Waals surface area contributed by atoms with Crippen molar-refractivity contribution in [2.45, 2.75) is 44.5 Å². The maximum Gasteiger partial charge on any atom is 0.303 e. The maximum atomic E-state index is 14.8. The standard InChI is InChI=1S/C22H22FNO7S/c1-12(25)28-19-11-32-22(21(30-14(3)27)20(19)29-13(2)26)31-18-5-4-16(10-17(18)23)15-6-8-24-9-7-15/h4-10,19-22H,11H2,1-3H3/t19-,20+,21-,22-/m1/s1. The molecule has 1 aliphatic rings. The topological polar surface area (TPSA) is 101 Å². The molecule has 10 heteroatoms. The zero-order chi connectivity index (χ0) is 23.3. The van der Waals surface area contributed by atoms with Crippen LogP contribution in [0, 0.1) is 5.82 Å². The van der Waals surface area contributed by atoms with Crippen LogP contribution in [0.2, 0.25) is 0 Å². The molecular formula is C22H22FNO7S. The molecule has 0 unspecified atom stereocenters. The van der Waals surface area contributed by atoms with Crippen LogP contribution in [0.5, 0.6) is 5.75 Å². The van der Waals surface area contributed by atoms with E-state index >= 15 is 0 Å². The van der Waals surface area contributed by atoms with Crippen LogP contribution < -0.4 is 4.74 Å². The van der Waals surface area contributed by atoms with Gasteiger partial charge in [0.15, 0.2) is 35.3 Å². The number of hydrogen-bond acceptors (Lipinski definition) is 9. The second kappa shape index (κ2) is 10.4. The van der Waals surface area contributed by atoms with Gasteiger partial charge in [-0.05, 0) is 35.4 Å². The highest BCUT2D eigenvalue weighted by Crippen LogP contribution is 2.35. The first-order chi connectivity index (χ1) is 15.2. The minimum Gasteiger partial charge on any atom is -0.473 e. The van der Waals surface area contributed by atoms with Crippen LogP contribution in [-0.4, -0.2) is 52.4 Å². The van der Waals surface area contributed by atoms with Crippen LogP contribution in [-0.2, 0) is 28.6 Å². The largest absolute Gasteiger partial charge is 0.473 e. The highest BCUT2D eigenvalue weighted by atomic mass is 32.2. The van der Waals surface area contributed by atoms with Gasteiger partial charge in [-0.3, -0.25) is 19.4 Å². The molecule has 0 spiro atoms. The number of carbonyl (C=O) groups excluding carboxylic acids is 3. The third-order valence-corrected chi connectivity index (χ3v) is 5.71. The van der Waals surface area contributed by atoms with E-state index in [-0.39, 0.29) is 11.5 Å². The van der Waals surface area contributed by atoms with E-state index in [0.717, 1.165) is 17.3 Å². The molecule has 1 saturated heterocycles. The molecule has 1 aliphatic heterocycles. The molecule has 0 saturated carbocycles. The molecule has 1 fully saturated rings. The van der Waals surface area contributed by atoms with Gasteiger partial charge in [0.25, 0.3) is 0 Å². The predicted molar refractivity (Wildman–Crippen MR) is 113 cm³/mol. The van der Waals surface area contributed by atoms with Gasteiger partial charge in [0, 0.05) is 38.9 Å². The Morgan fingerprint density at radius 1 is 0.906 bits per heavy atom. The van der Waals surface area contributed by atoms with Gasteiger partial charge in [0.2, 0.25) is 0 Å². The molecular weight excluding hydrogens is 441 g/mol. The summed E-state index contributed by atoms with van der Waals surface area (Å²) >= 11 is 1.16. The average molecular weight is 463 g/mol. The molecule has 4 atom stereocenters. The molecule has 0 amide bonds. The molecule has 1 aromatic heterocycles. The Bertz CT molecular complexity index is 987. The maximum absolute atomic E-state index is 14.8. The van der Waals surface area contributed by atoms with Crippen molar-refractivity contribution in [2.75, 3.05) is 5.75 Å². The van der Waals surface area contributed by atoms with E-state index in [1.165, 1.54) is 32.9 Å². The number of esters is 3. The summed E-state index contributed by atoms with van der Waals surface area (Å²) in [4.78, 5) is 38.8. The summed E-state index contributed by atoms with van der Waals surface area (Å²) in [5, 5.41) is 0. The molecule has 0 aliphatic carbocycles. The van der Waals surface area contributed by atoms with Crippen molar-refractivity contribution in [3.8, 4) is 16.9 Å². The Labute approximate surface area is 188 Å². The summed E-state index contributed by atoms with van der Waals surface area (Å²) in [6.45, 7) is 3.59. The fourth-order valence-corrected chi connectivity index (χ4v) is 4.46. The number of carbonyl (C=O) groups is 3. The van der Waals surface area contributed by atoms with Crippen molar-refractivity contribution in [2.24, 2.45) is 0 Å². The minimum atomic E-state index is -1.13. The Kier molecular flexibility index (Phi) is 7.68. The van der Waals surface area contributed by atoms with Gasteiger partial charge in [0.05, 0.1) is 0 Å². The van der Waals surface area contributed by atoms with Gasteiger partial charge in [-0.2, -0.15) is 0 Å². The summed E-state index contributed by atoms with van der Waals surface area (Å²) in [6.07, 6.45) is 0.123. The predicted octanol–water partition coefficient (Wildman–Crippen LogP) is 3.13. The summed E-state index contributed by atoms with van der Waals surface area (Å²) in [6, 6.07) is 7.98. The van der Waals surface area contributed by atoms with E-state index in [9.17, 15) is 18.8 Å². The fourth-order valence-electron chi connectivity index (χ4n) is 3.26. The van der Waals surface area contributed by atoms with Crippen molar-refractivity contribution in [3.63, 3.8) is 0 Å². The van der Waals surface area contributed by atoms with E-state index in [0.29, 0.717) is 5.56 Å². The van der Waals surface area contributed by atoms with Crippen LogP contribution in [0.1, 0.15) is 20.8 Å². The molecule has 0 bridgehead atoms. The zero-order valence-electron chi connectivity index (χ0n) is 17.6. The van der Waals surface area contributed by atoms with E-state index in [4.69, 9.17) is 18.9 Å². The van der Waals surface area contributed by atoms with Crippen LogP contribution in [0.25, 0.3) is 11.1 Å². The van der Waals surface area contributed by atoms with Crippen molar-refractivity contribution in [1.82, 2.24) is 4.98 Å². The third kappa shape index (κ3) is 5.97. The number of rotatable bonds is 6. The Morgan fingerprint density at radius 3 is 2.12 bits per heavy atom. The summed E-state index contributed by atoms with van der Waals surface area (Å²) in [5.74, 6) is -2.37. The number of ether oxygens (including phenoxy) is 4. The summed E-state index contributed by atoms with van der Waals surface area (Å²) in [5.41, 5.74) is 0.517. The highest BCUT2D eigenvalue weighted by Gasteiger charge is 2.47. The lowest BCUT2D eigenvalue weighted by Gasteiger charge is -2.39. The first-order valence-electron chi connectivity index (χ1n) is 9.74. The fraction of sp³-hybridized carbons (Fsp3) is 0.364. The number of nitrogens with zero attached hydrogens (tertiary/aromatic N) is 1. The monoisotopic (exact) mass is 463 g/mol. The van der Waals surface area contributed by atoms with Crippen LogP contribution in [0.15, 0.2) is 42.7 Å². The zero-order valence-corrected chi connectivity index (χ0v) is 18.5. The Morgan fingerprint density at radius 2 is 1.53 bits per heavy atom. The number of aromatic nitrogens is 1. The molecule has 1 aromatic carbocycles. The second-order valence-corrected chi connectivity index (χ2v) is 8.13. The Hall–Kier alpha value is -3.14. The third-order valence-electron chi connectivity index (χ3n) is 4.49. The van der Waals surface area contributed by atoms with Gasteiger partial charge in [-0.1, -0.05) is 6.07 Å². The molecule has 3 rings (SSSR count). The van der Waals surface area contributed by atoms with Gasteiger partial charge in [-0.25, -0.2) is 4.39 Å². The first-order valence-corrected chi connectivity index (χ1v) is 10.8. The molecule has 8 nitrogen and oxygen atoms in total. The van der Waals surface area contributed by atoms with E-state index in [1.54, 1.807) is 30.6 Å². The quantitative estimate of drug-likeness (QED) is 0.472. The van der Waals surface area contributed by atoms with Crippen LogP contribution in [0.3, 0.4) is 0 Å². The van der Waals surface area contributed by atoms with Gasteiger partial charge < -0.3 is 18.9 Å². The summed E-state index contributed by atoms with van der Waals surface area (Å²) in [7, 11) is 0. The SMILES string of the molecule is CC(=O)O[C@@H]1[C@@H](OC(C)=O)[C@H](OC(C)=O)CS[C@H]1Oc1ccc(-c2ccncc2)cc1F. The highest BCUT2D eigenvalue weighted by molar-refractivity contribution is 7.99. The molecule has 170 valence electrons. The van der Waals surface area contributed by atoms with Gasteiger partial charge in [0.1, 0.15) is 0 Å². The molecule has 2 aromatic rings. The van der Waals surface area contributed by atoms with Crippen LogP contribution in [0.4, 0.5) is 4.39 Å². The number of pyridine rings is 1. The van der Waals surface area contributed by atoms with Crippen molar-refractivity contribution in [1.29, 1.82) is 0 Å². The van der Waals surface area contributed by atoms with Crippen molar-refractivity contribution in [3.05, 3.63) is 48.5 Å². The number of halogens is 1. The summed E-state index contributed by atoms with van der Waals surface area (Å²) < 4.78 is 36.5. The lowest BCUT2D eigenvalue weighted by Crippen LogP contribution is -2.55. The molecule has 0 radical (unpaired) electrons. The molecule has 32 heavy (non-hydrogen) atoms. The Balaban J connectivity index is 1.86. The normalized spacial score (nSPS) is 22.5. The van der Waals surface area contributed by atoms with E-state index in [1.807, 2.05) is 0 Å². The van der Waals surface area contributed by atoms with Crippen LogP contribution >= 0.6 is 11.8 Å².